The van der Waals surface area contributed by atoms with Crippen LogP contribution >= 0.6 is 11.8 Å². The number of rotatable bonds is 9. The van der Waals surface area contributed by atoms with Crippen LogP contribution in [-0.2, 0) is 0 Å². The van der Waals surface area contributed by atoms with Crippen LogP contribution in [0.15, 0.2) is 47.4 Å². The zero-order valence-electron chi connectivity index (χ0n) is 14.9. The third kappa shape index (κ3) is 6.48. The van der Waals surface area contributed by atoms with Gasteiger partial charge in [0.1, 0.15) is 5.82 Å². The average Bonchev–Trinajstić information content (AvgIpc) is 2.63. The van der Waals surface area contributed by atoms with E-state index in [2.05, 4.69) is 10.6 Å². The molecule has 0 unspecified atom stereocenters. The fourth-order valence-electron chi connectivity index (χ4n) is 2.19. The van der Waals surface area contributed by atoms with Gasteiger partial charge in [0, 0.05) is 23.2 Å². The van der Waals surface area contributed by atoms with Gasteiger partial charge in [-0.15, -0.1) is 11.8 Å². The number of benzene rings is 2. The van der Waals surface area contributed by atoms with Crippen molar-refractivity contribution in [3.63, 3.8) is 0 Å². The Hall–Kier alpha value is -2.41. The minimum Gasteiger partial charge on any atom is -0.493 e. The summed E-state index contributed by atoms with van der Waals surface area (Å²) in [6.07, 6.45) is 0.808. The topological polar surface area (TPSA) is 59.6 Å². The van der Waals surface area contributed by atoms with E-state index in [4.69, 9.17) is 9.47 Å². The first kappa shape index (κ1) is 19.9. The third-order valence-electron chi connectivity index (χ3n) is 3.41. The van der Waals surface area contributed by atoms with Crippen LogP contribution < -0.4 is 20.1 Å². The van der Waals surface area contributed by atoms with Crippen LogP contribution in [0.4, 0.5) is 14.9 Å². The minimum absolute atomic E-state index is 0.237. The van der Waals surface area contributed by atoms with E-state index in [-0.39, 0.29) is 11.8 Å². The zero-order valence-corrected chi connectivity index (χ0v) is 15.7. The highest BCUT2D eigenvalue weighted by Crippen LogP contribution is 2.30. The normalized spacial score (nSPS) is 10.3. The minimum atomic E-state index is -0.274. The van der Waals surface area contributed by atoms with Gasteiger partial charge in [0.05, 0.1) is 13.7 Å². The van der Waals surface area contributed by atoms with Gasteiger partial charge in [-0.05, 0) is 55.5 Å². The van der Waals surface area contributed by atoms with Gasteiger partial charge in [0.15, 0.2) is 11.5 Å². The fourth-order valence-corrected chi connectivity index (χ4v) is 3.05. The van der Waals surface area contributed by atoms with Gasteiger partial charge in [0.25, 0.3) is 0 Å². The van der Waals surface area contributed by atoms with Gasteiger partial charge in [-0.3, -0.25) is 0 Å². The second-order valence-electron chi connectivity index (χ2n) is 5.34. The highest BCUT2D eigenvalue weighted by Gasteiger charge is 2.07. The molecule has 0 bridgehead atoms. The quantitative estimate of drug-likeness (QED) is 0.497. The summed E-state index contributed by atoms with van der Waals surface area (Å²) in [6.45, 7) is 2.95. The number of amides is 2. The zero-order chi connectivity index (χ0) is 18.8. The molecule has 26 heavy (non-hydrogen) atoms. The number of halogens is 1. The summed E-state index contributed by atoms with van der Waals surface area (Å²) in [5.74, 6) is 1.81. The van der Waals surface area contributed by atoms with Crippen molar-refractivity contribution >= 4 is 23.5 Å². The Kier molecular flexibility index (Phi) is 8.08. The Bertz CT molecular complexity index is 710. The molecule has 0 saturated heterocycles. The van der Waals surface area contributed by atoms with Crippen LogP contribution in [0.25, 0.3) is 0 Å². The molecule has 0 saturated carbocycles. The Morgan fingerprint density at radius 1 is 1.15 bits per heavy atom. The molecule has 0 heterocycles. The molecule has 2 N–H and O–H groups in total. The molecule has 0 aliphatic rings. The van der Waals surface area contributed by atoms with Gasteiger partial charge in [-0.25, -0.2) is 9.18 Å². The van der Waals surface area contributed by atoms with E-state index < -0.39 is 0 Å². The van der Waals surface area contributed by atoms with E-state index in [1.54, 1.807) is 49.2 Å². The molecule has 0 spiro atoms. The van der Waals surface area contributed by atoms with Crippen LogP contribution in [0.2, 0.25) is 0 Å². The molecule has 2 rings (SSSR count). The highest BCUT2D eigenvalue weighted by atomic mass is 32.2. The van der Waals surface area contributed by atoms with Crippen molar-refractivity contribution in [1.82, 2.24) is 5.32 Å². The van der Waals surface area contributed by atoms with Crippen molar-refractivity contribution in [1.29, 1.82) is 0 Å². The maximum absolute atomic E-state index is 12.8. The maximum atomic E-state index is 12.8. The summed E-state index contributed by atoms with van der Waals surface area (Å²) < 4.78 is 23.5. The summed E-state index contributed by atoms with van der Waals surface area (Å²) in [7, 11) is 1.57. The number of nitrogens with one attached hydrogen (secondary N) is 2. The summed E-state index contributed by atoms with van der Waals surface area (Å²) in [4.78, 5) is 13.0. The molecular weight excluding hydrogens is 355 g/mol. The smallest absolute Gasteiger partial charge is 0.319 e. The molecular formula is C19H23FN2O3S. The van der Waals surface area contributed by atoms with Gasteiger partial charge < -0.3 is 20.1 Å². The number of methoxy groups -OCH3 is 1. The second-order valence-corrected chi connectivity index (χ2v) is 6.50. The molecule has 0 radical (unpaired) electrons. The number of hydrogen-bond donors (Lipinski definition) is 2. The molecule has 0 fully saturated rings. The van der Waals surface area contributed by atoms with E-state index in [9.17, 15) is 9.18 Å². The van der Waals surface area contributed by atoms with E-state index in [0.717, 1.165) is 17.1 Å². The number of carbonyl (C=O) groups excluding carboxylic acids is 1. The van der Waals surface area contributed by atoms with Gasteiger partial charge in [-0.2, -0.15) is 0 Å². The Morgan fingerprint density at radius 2 is 1.92 bits per heavy atom. The highest BCUT2D eigenvalue weighted by molar-refractivity contribution is 7.99. The summed E-state index contributed by atoms with van der Waals surface area (Å²) in [6, 6.07) is 11.3. The van der Waals surface area contributed by atoms with Gasteiger partial charge in [0.2, 0.25) is 0 Å². The Morgan fingerprint density at radius 3 is 2.62 bits per heavy atom. The molecule has 0 aromatic heterocycles. The van der Waals surface area contributed by atoms with Crippen molar-refractivity contribution in [3.8, 4) is 11.5 Å². The van der Waals surface area contributed by atoms with Gasteiger partial charge in [-0.1, -0.05) is 0 Å². The van der Waals surface area contributed by atoms with Crippen LogP contribution in [-0.4, -0.2) is 32.0 Å². The summed E-state index contributed by atoms with van der Waals surface area (Å²) >= 11 is 1.63. The monoisotopic (exact) mass is 378 g/mol. The number of urea groups is 1. The first-order chi connectivity index (χ1) is 12.6. The predicted molar refractivity (Wildman–Crippen MR) is 103 cm³/mol. The lowest BCUT2D eigenvalue weighted by Crippen LogP contribution is -2.29. The molecule has 2 aromatic carbocycles. The molecule has 0 atom stereocenters. The second kappa shape index (κ2) is 10.6. The first-order valence-corrected chi connectivity index (χ1v) is 9.35. The summed E-state index contributed by atoms with van der Waals surface area (Å²) in [5.41, 5.74) is 0.632. The lowest BCUT2D eigenvalue weighted by molar-refractivity contribution is 0.252. The van der Waals surface area contributed by atoms with E-state index >= 15 is 0 Å². The fraction of sp³-hybridized carbons (Fsp3) is 0.316. The Labute approximate surface area is 157 Å². The molecule has 0 aliphatic carbocycles. The van der Waals surface area contributed by atoms with Crippen molar-refractivity contribution in [2.45, 2.75) is 18.2 Å². The number of anilines is 1. The van der Waals surface area contributed by atoms with Crippen molar-refractivity contribution in [3.05, 3.63) is 48.3 Å². The number of hydrogen-bond acceptors (Lipinski definition) is 4. The largest absolute Gasteiger partial charge is 0.493 e. The van der Waals surface area contributed by atoms with Crippen molar-refractivity contribution < 1.29 is 18.7 Å². The van der Waals surface area contributed by atoms with Gasteiger partial charge >= 0.3 is 6.03 Å². The van der Waals surface area contributed by atoms with Crippen molar-refractivity contribution in [2.24, 2.45) is 0 Å². The van der Waals surface area contributed by atoms with Crippen LogP contribution in [0.3, 0.4) is 0 Å². The number of thioether (sulfide) groups is 1. The Balaban J connectivity index is 1.71. The molecule has 5 nitrogen and oxygen atoms in total. The lowest BCUT2D eigenvalue weighted by Gasteiger charge is -2.12. The van der Waals surface area contributed by atoms with Crippen LogP contribution in [0.5, 0.6) is 11.5 Å². The van der Waals surface area contributed by atoms with Crippen molar-refractivity contribution in [2.75, 3.05) is 31.3 Å². The SMILES string of the molecule is CCOc1cc(NC(=O)NCCCSc2ccc(F)cc2)ccc1OC. The molecule has 7 heteroatoms. The summed E-state index contributed by atoms with van der Waals surface area (Å²) in [5, 5.41) is 5.58. The number of ether oxygens (including phenoxy) is 2. The van der Waals surface area contributed by atoms with Crippen LogP contribution in [0, 0.1) is 5.82 Å². The average molecular weight is 378 g/mol. The predicted octanol–water partition coefficient (Wildman–Crippen LogP) is 4.54. The lowest BCUT2D eigenvalue weighted by atomic mass is 10.2. The molecule has 2 amide bonds. The molecule has 140 valence electrons. The number of carbonyl (C=O) groups is 1. The van der Waals surface area contributed by atoms with E-state index in [0.29, 0.717) is 30.3 Å². The van der Waals surface area contributed by atoms with Crippen LogP contribution in [0.1, 0.15) is 13.3 Å². The molecule has 0 aliphatic heterocycles. The van der Waals surface area contributed by atoms with E-state index in [1.807, 2.05) is 6.92 Å². The standard InChI is InChI=1S/C19H23FN2O3S/c1-3-25-18-13-15(7-10-17(18)24-2)22-19(23)21-11-4-12-26-16-8-5-14(20)6-9-16/h5-10,13H,3-4,11-12H2,1-2H3,(H2,21,22,23). The molecule has 2 aromatic rings. The third-order valence-corrected chi connectivity index (χ3v) is 4.51. The van der Waals surface area contributed by atoms with E-state index in [1.165, 1.54) is 12.1 Å². The maximum Gasteiger partial charge on any atom is 0.319 e. The first-order valence-electron chi connectivity index (χ1n) is 8.36.